The van der Waals surface area contributed by atoms with Crippen LogP contribution in [0.3, 0.4) is 0 Å². The molecule has 0 bridgehead atoms. The van der Waals surface area contributed by atoms with Crippen LogP contribution in [0.25, 0.3) is 28.1 Å². The maximum absolute atomic E-state index is 12.8. The van der Waals surface area contributed by atoms with Crippen LogP contribution >= 0.6 is 0 Å². The van der Waals surface area contributed by atoms with E-state index in [0.29, 0.717) is 42.9 Å². The number of imidazole rings is 1. The molecule has 0 aromatic carbocycles. The quantitative estimate of drug-likeness (QED) is 0.518. The number of carbonyl (C=O) groups excluding carboxylic acids is 1. The van der Waals surface area contributed by atoms with Crippen molar-refractivity contribution in [3.05, 3.63) is 47.3 Å². The molecule has 5 heterocycles. The zero-order chi connectivity index (χ0) is 22.5. The minimum atomic E-state index is -0.535. The van der Waals surface area contributed by atoms with Gasteiger partial charge in [0.25, 0.3) is 0 Å². The maximum Gasteiger partial charge on any atom is 0.410 e. The number of fused-ring (bicyclic) bond motifs is 2. The molecule has 1 aliphatic heterocycles. The lowest BCUT2D eigenvalue weighted by Crippen LogP contribution is -2.43. The minimum absolute atomic E-state index is 0.0680. The highest BCUT2D eigenvalue weighted by Crippen LogP contribution is 2.27. The van der Waals surface area contributed by atoms with Crippen molar-refractivity contribution >= 4 is 22.8 Å². The summed E-state index contributed by atoms with van der Waals surface area (Å²) in [6.07, 6.45) is 6.19. The molecular weight excluding hydrogens is 410 g/mol. The van der Waals surface area contributed by atoms with Crippen molar-refractivity contribution in [1.82, 2.24) is 34.0 Å². The first-order valence-corrected chi connectivity index (χ1v) is 10.7. The van der Waals surface area contributed by atoms with Crippen LogP contribution < -0.4 is 5.69 Å². The molecule has 0 radical (unpaired) electrons. The summed E-state index contributed by atoms with van der Waals surface area (Å²) in [6, 6.07) is 5.72. The number of rotatable bonds is 2. The van der Waals surface area contributed by atoms with Gasteiger partial charge in [-0.1, -0.05) is 6.07 Å². The molecule has 166 valence electrons. The van der Waals surface area contributed by atoms with E-state index in [9.17, 15) is 9.59 Å². The molecule has 1 N–H and O–H groups in total. The number of piperidine rings is 1. The predicted octanol–water partition coefficient (Wildman–Crippen LogP) is 3.01. The molecule has 0 unspecified atom stereocenters. The lowest BCUT2D eigenvalue weighted by molar-refractivity contribution is 0.0189. The van der Waals surface area contributed by atoms with Crippen molar-refractivity contribution in [3.8, 4) is 11.4 Å². The second-order valence-electron chi connectivity index (χ2n) is 9.02. The summed E-state index contributed by atoms with van der Waals surface area (Å²) in [5.41, 5.74) is 2.08. The molecule has 0 atom stereocenters. The average Bonchev–Trinajstić information content (AvgIpc) is 3.32. The number of nitrogens with zero attached hydrogens (tertiary/aromatic N) is 6. The van der Waals surface area contributed by atoms with Crippen LogP contribution in [0.5, 0.6) is 0 Å². The van der Waals surface area contributed by atoms with Crippen LogP contribution in [-0.4, -0.2) is 58.8 Å². The van der Waals surface area contributed by atoms with Gasteiger partial charge in [0.15, 0.2) is 11.5 Å². The van der Waals surface area contributed by atoms with Gasteiger partial charge in [-0.2, -0.15) is 5.10 Å². The molecule has 1 fully saturated rings. The third-order valence-corrected chi connectivity index (χ3v) is 5.61. The maximum atomic E-state index is 12.8. The Labute approximate surface area is 183 Å². The SMILES string of the molecule is CC(C)(C)OC(=O)N1CCC(n2c(=O)[nH]c3cnc(-c4cnn5ccccc45)nc32)CC1. The number of hydrogen-bond donors (Lipinski definition) is 1. The molecule has 1 amide bonds. The number of carbonyl (C=O) groups is 1. The molecule has 1 aliphatic rings. The molecule has 4 aromatic heterocycles. The Balaban J connectivity index is 1.44. The van der Waals surface area contributed by atoms with Gasteiger partial charge in [-0.25, -0.2) is 24.1 Å². The second kappa shape index (κ2) is 7.47. The average molecular weight is 435 g/mol. The lowest BCUT2D eigenvalue weighted by atomic mass is 10.1. The molecule has 4 aromatic rings. The number of H-pyrrole nitrogens is 1. The Morgan fingerprint density at radius 2 is 1.97 bits per heavy atom. The number of amides is 1. The van der Waals surface area contributed by atoms with Crippen LogP contribution in [0.4, 0.5) is 4.79 Å². The highest BCUT2D eigenvalue weighted by molar-refractivity contribution is 5.79. The Morgan fingerprint density at radius 1 is 1.19 bits per heavy atom. The smallest absolute Gasteiger partial charge is 0.410 e. The summed E-state index contributed by atoms with van der Waals surface area (Å²) in [7, 11) is 0. The molecule has 5 rings (SSSR count). The number of aromatic amines is 1. The summed E-state index contributed by atoms with van der Waals surface area (Å²) in [5.74, 6) is 0.512. The van der Waals surface area contributed by atoms with E-state index in [-0.39, 0.29) is 17.8 Å². The van der Waals surface area contributed by atoms with E-state index in [0.717, 1.165) is 11.1 Å². The predicted molar refractivity (Wildman–Crippen MR) is 118 cm³/mol. The highest BCUT2D eigenvalue weighted by atomic mass is 16.6. The van der Waals surface area contributed by atoms with Crippen molar-refractivity contribution in [1.29, 1.82) is 0 Å². The molecule has 0 saturated carbocycles. The highest BCUT2D eigenvalue weighted by Gasteiger charge is 2.29. The van der Waals surface area contributed by atoms with Crippen LogP contribution in [-0.2, 0) is 4.74 Å². The van der Waals surface area contributed by atoms with E-state index < -0.39 is 5.60 Å². The van der Waals surface area contributed by atoms with Gasteiger partial charge in [0.05, 0.1) is 23.5 Å². The van der Waals surface area contributed by atoms with Gasteiger partial charge in [0, 0.05) is 25.3 Å². The van der Waals surface area contributed by atoms with Gasteiger partial charge < -0.3 is 14.6 Å². The second-order valence-corrected chi connectivity index (χ2v) is 9.02. The first-order chi connectivity index (χ1) is 15.3. The Morgan fingerprint density at radius 3 is 2.72 bits per heavy atom. The number of hydrogen-bond acceptors (Lipinski definition) is 6. The zero-order valence-corrected chi connectivity index (χ0v) is 18.3. The first kappa shape index (κ1) is 20.2. The minimum Gasteiger partial charge on any atom is -0.444 e. The van der Waals surface area contributed by atoms with E-state index in [1.807, 2.05) is 45.2 Å². The van der Waals surface area contributed by atoms with Crippen LogP contribution in [0.1, 0.15) is 39.7 Å². The van der Waals surface area contributed by atoms with Crippen molar-refractivity contribution in [3.63, 3.8) is 0 Å². The van der Waals surface area contributed by atoms with Gasteiger partial charge in [-0.15, -0.1) is 0 Å². The largest absolute Gasteiger partial charge is 0.444 e. The zero-order valence-electron chi connectivity index (χ0n) is 18.3. The number of likely N-dealkylation sites (tertiary alicyclic amines) is 1. The van der Waals surface area contributed by atoms with Gasteiger partial charge in [0.1, 0.15) is 11.1 Å². The summed E-state index contributed by atoms with van der Waals surface area (Å²) in [6.45, 7) is 6.59. The van der Waals surface area contributed by atoms with E-state index in [2.05, 4.69) is 15.1 Å². The van der Waals surface area contributed by atoms with Gasteiger partial charge >= 0.3 is 11.8 Å². The van der Waals surface area contributed by atoms with Gasteiger partial charge in [-0.05, 0) is 45.7 Å². The standard InChI is InChI=1S/C22H25N7O3/c1-22(2,3)32-21(31)27-10-7-14(8-11-27)29-19-16(25-20(29)30)13-23-18(26-19)15-12-24-28-9-5-4-6-17(15)28/h4-6,9,12-14H,7-8,10-11H2,1-3H3,(H,25,30). The van der Waals surface area contributed by atoms with E-state index >= 15 is 0 Å². The Kier molecular flexibility index (Phi) is 4.72. The van der Waals surface area contributed by atoms with Gasteiger partial charge in [0.2, 0.25) is 0 Å². The summed E-state index contributed by atoms with van der Waals surface area (Å²) in [5, 5.41) is 4.35. The molecule has 10 heteroatoms. The fraction of sp³-hybridized carbons (Fsp3) is 0.409. The Hall–Kier alpha value is -3.69. The van der Waals surface area contributed by atoms with Crippen molar-refractivity contribution in [2.75, 3.05) is 13.1 Å². The number of nitrogens with one attached hydrogen (secondary N) is 1. The summed E-state index contributed by atoms with van der Waals surface area (Å²) >= 11 is 0. The number of ether oxygens (including phenoxy) is 1. The third-order valence-electron chi connectivity index (χ3n) is 5.61. The Bertz CT molecular complexity index is 1350. The molecule has 0 spiro atoms. The lowest BCUT2D eigenvalue weighted by Gasteiger charge is -2.33. The monoisotopic (exact) mass is 435 g/mol. The van der Waals surface area contributed by atoms with Crippen LogP contribution in [0.2, 0.25) is 0 Å². The molecule has 1 saturated heterocycles. The van der Waals surface area contributed by atoms with Crippen molar-refractivity contribution < 1.29 is 9.53 Å². The topological polar surface area (TPSA) is 110 Å². The molecule has 10 nitrogen and oxygen atoms in total. The molecular formula is C22H25N7O3. The normalized spacial score (nSPS) is 15.5. The third kappa shape index (κ3) is 3.61. The van der Waals surface area contributed by atoms with Gasteiger partial charge in [-0.3, -0.25) is 4.57 Å². The van der Waals surface area contributed by atoms with E-state index in [1.165, 1.54) is 0 Å². The van der Waals surface area contributed by atoms with Crippen LogP contribution in [0, 0.1) is 0 Å². The van der Waals surface area contributed by atoms with Crippen molar-refractivity contribution in [2.45, 2.75) is 45.3 Å². The van der Waals surface area contributed by atoms with E-state index in [4.69, 9.17) is 9.72 Å². The summed E-state index contributed by atoms with van der Waals surface area (Å²) < 4.78 is 8.93. The summed E-state index contributed by atoms with van der Waals surface area (Å²) in [4.78, 5) is 38.9. The number of aromatic nitrogens is 6. The molecule has 32 heavy (non-hydrogen) atoms. The first-order valence-electron chi connectivity index (χ1n) is 10.7. The molecule has 0 aliphatic carbocycles. The van der Waals surface area contributed by atoms with Crippen LogP contribution in [0.15, 0.2) is 41.6 Å². The number of pyridine rings is 1. The fourth-order valence-electron chi connectivity index (χ4n) is 4.12. The van der Waals surface area contributed by atoms with E-state index in [1.54, 1.807) is 26.4 Å². The fourth-order valence-corrected chi connectivity index (χ4v) is 4.12. The van der Waals surface area contributed by atoms with Crippen molar-refractivity contribution in [2.24, 2.45) is 0 Å².